The highest BCUT2D eigenvalue weighted by molar-refractivity contribution is 6.27. The lowest BCUT2D eigenvalue weighted by Gasteiger charge is -2.52. The van der Waals surface area contributed by atoms with Crippen LogP contribution in [-0.4, -0.2) is 53.2 Å². The quantitative estimate of drug-likeness (QED) is 0.669. The molecule has 3 aliphatic rings. The summed E-state index contributed by atoms with van der Waals surface area (Å²) in [4.78, 5) is 27.7. The minimum atomic E-state index is 0.0435. The van der Waals surface area contributed by atoms with Crippen LogP contribution in [0.1, 0.15) is 25.7 Å². The molecule has 100 valence electrons. The summed E-state index contributed by atoms with van der Waals surface area (Å²) in [6, 6.07) is 0.369. The Bertz CT molecular complexity index is 374. The molecule has 0 aromatic rings. The van der Waals surface area contributed by atoms with Crippen LogP contribution in [0, 0.1) is 11.8 Å². The first kappa shape index (κ1) is 12.3. The van der Waals surface area contributed by atoms with Gasteiger partial charge in [-0.25, -0.2) is 0 Å². The molecule has 4 nitrogen and oxygen atoms in total. The van der Waals surface area contributed by atoms with E-state index in [4.69, 9.17) is 11.6 Å². The molecular weight excluding hydrogens is 252 g/mol. The van der Waals surface area contributed by atoms with Gasteiger partial charge >= 0.3 is 0 Å². The Kier molecular flexibility index (Phi) is 3.22. The Morgan fingerprint density at radius 1 is 1.33 bits per heavy atom. The van der Waals surface area contributed by atoms with Gasteiger partial charge in [-0.3, -0.25) is 9.59 Å². The van der Waals surface area contributed by atoms with Crippen LogP contribution in [0.5, 0.6) is 0 Å². The van der Waals surface area contributed by atoms with Gasteiger partial charge in [0.2, 0.25) is 11.8 Å². The number of carbonyl (C=O) groups is 2. The Hall–Kier alpha value is -0.770. The molecule has 0 aromatic carbocycles. The fraction of sp³-hybridized carbons (Fsp3) is 0.846. The summed E-state index contributed by atoms with van der Waals surface area (Å²) in [6.45, 7) is 2.40. The van der Waals surface area contributed by atoms with Gasteiger partial charge in [0.05, 0.1) is 0 Å². The number of piperidine rings is 3. The molecule has 0 aliphatic carbocycles. The minimum Gasteiger partial charge on any atom is -0.341 e. The molecule has 0 radical (unpaired) electrons. The summed E-state index contributed by atoms with van der Waals surface area (Å²) in [5, 5.41) is 0. The van der Waals surface area contributed by atoms with Gasteiger partial charge in [0.1, 0.15) is 5.88 Å². The SMILES string of the molecule is O=C(CCl)N1C[C@H]2C[C@H](C1)[C@@H]1CCCC(=O)N1C2. The molecule has 3 atom stereocenters. The van der Waals surface area contributed by atoms with Crippen molar-refractivity contribution in [3.05, 3.63) is 0 Å². The Morgan fingerprint density at radius 2 is 2.17 bits per heavy atom. The summed E-state index contributed by atoms with van der Waals surface area (Å²) in [5.74, 6) is 1.36. The topological polar surface area (TPSA) is 40.6 Å². The highest BCUT2D eigenvalue weighted by Gasteiger charge is 2.44. The molecule has 3 rings (SSSR count). The third-order valence-corrected chi connectivity index (χ3v) is 4.88. The van der Waals surface area contributed by atoms with Crippen LogP contribution < -0.4 is 0 Å². The Labute approximate surface area is 112 Å². The van der Waals surface area contributed by atoms with Crippen LogP contribution in [-0.2, 0) is 9.59 Å². The van der Waals surface area contributed by atoms with Gasteiger partial charge in [-0.2, -0.15) is 0 Å². The zero-order chi connectivity index (χ0) is 12.7. The number of nitrogens with zero attached hydrogens (tertiary/aromatic N) is 2. The van der Waals surface area contributed by atoms with Gasteiger partial charge in [0.15, 0.2) is 0 Å². The number of rotatable bonds is 1. The molecule has 3 fully saturated rings. The van der Waals surface area contributed by atoms with Gasteiger partial charge in [-0.05, 0) is 31.1 Å². The van der Waals surface area contributed by atoms with E-state index in [0.717, 1.165) is 32.5 Å². The van der Waals surface area contributed by atoms with Crippen molar-refractivity contribution in [1.82, 2.24) is 9.80 Å². The van der Waals surface area contributed by atoms with Crippen LogP contribution in [0.2, 0.25) is 0 Å². The third-order valence-electron chi connectivity index (χ3n) is 4.65. The molecular formula is C13H19ClN2O2. The molecule has 0 N–H and O–H groups in total. The summed E-state index contributed by atoms with van der Waals surface area (Å²) >= 11 is 5.65. The Morgan fingerprint density at radius 3 is 2.94 bits per heavy atom. The molecule has 0 unspecified atom stereocenters. The van der Waals surface area contributed by atoms with Crippen molar-refractivity contribution < 1.29 is 9.59 Å². The molecule has 2 amide bonds. The molecule has 3 aliphatic heterocycles. The second kappa shape index (κ2) is 4.72. The van der Waals surface area contributed by atoms with Gasteiger partial charge in [0, 0.05) is 32.1 Å². The van der Waals surface area contributed by atoms with E-state index in [2.05, 4.69) is 4.90 Å². The lowest BCUT2D eigenvalue weighted by atomic mass is 9.76. The second-order valence-electron chi connectivity index (χ2n) is 5.80. The monoisotopic (exact) mass is 270 g/mol. The zero-order valence-corrected chi connectivity index (χ0v) is 11.2. The number of halogens is 1. The maximum absolute atomic E-state index is 12.0. The molecule has 0 spiro atoms. The summed E-state index contributed by atoms with van der Waals surface area (Å²) in [5.41, 5.74) is 0. The van der Waals surface area contributed by atoms with E-state index < -0.39 is 0 Å². The van der Waals surface area contributed by atoms with Crippen molar-refractivity contribution in [2.45, 2.75) is 31.7 Å². The highest BCUT2D eigenvalue weighted by atomic mass is 35.5. The fourth-order valence-corrected chi connectivity index (χ4v) is 4.07. The van der Waals surface area contributed by atoms with E-state index >= 15 is 0 Å². The van der Waals surface area contributed by atoms with Gasteiger partial charge in [0.25, 0.3) is 0 Å². The maximum atomic E-state index is 12.0. The molecule has 5 heteroatoms. The summed E-state index contributed by atoms with van der Waals surface area (Å²) in [6.07, 6.45) is 3.98. The first-order chi connectivity index (χ1) is 8.69. The van der Waals surface area contributed by atoms with Crippen molar-refractivity contribution in [2.75, 3.05) is 25.5 Å². The predicted molar refractivity (Wildman–Crippen MR) is 68.2 cm³/mol. The normalized spacial score (nSPS) is 35.4. The van der Waals surface area contributed by atoms with E-state index in [-0.39, 0.29) is 11.8 Å². The van der Waals surface area contributed by atoms with E-state index in [9.17, 15) is 9.59 Å². The first-order valence-electron chi connectivity index (χ1n) is 6.82. The number of hydrogen-bond donors (Lipinski definition) is 0. The van der Waals surface area contributed by atoms with E-state index in [1.54, 1.807) is 0 Å². The first-order valence-corrected chi connectivity index (χ1v) is 7.35. The fourth-order valence-electron chi connectivity index (χ4n) is 3.90. The van der Waals surface area contributed by atoms with E-state index in [1.807, 2.05) is 4.90 Å². The van der Waals surface area contributed by atoms with Crippen molar-refractivity contribution in [3.8, 4) is 0 Å². The van der Waals surface area contributed by atoms with Gasteiger partial charge in [-0.15, -0.1) is 11.6 Å². The van der Waals surface area contributed by atoms with Crippen molar-refractivity contribution in [1.29, 1.82) is 0 Å². The predicted octanol–water partition coefficient (Wildman–Crippen LogP) is 1.08. The average molecular weight is 271 g/mol. The summed E-state index contributed by atoms with van der Waals surface area (Å²) < 4.78 is 0. The lowest BCUT2D eigenvalue weighted by Crippen LogP contribution is -2.61. The molecule has 2 bridgehead atoms. The van der Waals surface area contributed by atoms with Crippen LogP contribution in [0.3, 0.4) is 0 Å². The third kappa shape index (κ3) is 2.00. The number of hydrogen-bond acceptors (Lipinski definition) is 2. The zero-order valence-electron chi connectivity index (χ0n) is 10.5. The average Bonchev–Trinajstić information content (AvgIpc) is 2.39. The number of likely N-dealkylation sites (tertiary alicyclic amines) is 1. The molecule has 18 heavy (non-hydrogen) atoms. The van der Waals surface area contributed by atoms with Crippen LogP contribution in [0.4, 0.5) is 0 Å². The minimum absolute atomic E-state index is 0.0435. The molecule has 3 heterocycles. The Balaban J connectivity index is 1.76. The van der Waals surface area contributed by atoms with E-state index in [0.29, 0.717) is 30.2 Å². The van der Waals surface area contributed by atoms with Gasteiger partial charge < -0.3 is 9.80 Å². The summed E-state index contributed by atoms with van der Waals surface area (Å²) in [7, 11) is 0. The van der Waals surface area contributed by atoms with Crippen molar-refractivity contribution >= 4 is 23.4 Å². The van der Waals surface area contributed by atoms with Crippen LogP contribution >= 0.6 is 11.6 Å². The highest BCUT2D eigenvalue weighted by Crippen LogP contribution is 2.37. The molecule has 3 saturated heterocycles. The van der Waals surface area contributed by atoms with Crippen LogP contribution in [0.15, 0.2) is 0 Å². The standard InChI is InChI=1S/C13H19ClN2O2/c14-5-13(18)15-6-9-4-10(8-15)11-2-1-3-12(17)16(11)7-9/h9-11H,1-8H2/t9-,10-,11+/m1/s1. The smallest absolute Gasteiger partial charge is 0.237 e. The van der Waals surface area contributed by atoms with Crippen LogP contribution in [0.25, 0.3) is 0 Å². The number of amides is 2. The second-order valence-corrected chi connectivity index (χ2v) is 6.07. The number of carbonyl (C=O) groups excluding carboxylic acids is 2. The number of fused-ring (bicyclic) bond motifs is 4. The lowest BCUT2D eigenvalue weighted by molar-refractivity contribution is -0.147. The largest absolute Gasteiger partial charge is 0.341 e. The van der Waals surface area contributed by atoms with Crippen molar-refractivity contribution in [2.24, 2.45) is 11.8 Å². The number of alkyl halides is 1. The van der Waals surface area contributed by atoms with E-state index in [1.165, 1.54) is 6.42 Å². The van der Waals surface area contributed by atoms with Gasteiger partial charge in [-0.1, -0.05) is 0 Å². The molecule has 0 saturated carbocycles. The molecule has 0 aromatic heterocycles. The van der Waals surface area contributed by atoms with Crippen molar-refractivity contribution in [3.63, 3.8) is 0 Å². The maximum Gasteiger partial charge on any atom is 0.237 e.